The highest BCUT2D eigenvalue weighted by Crippen LogP contribution is 2.16. The van der Waals surface area contributed by atoms with Crippen LogP contribution in [0.3, 0.4) is 0 Å². The molecule has 1 heterocycles. The molecule has 0 saturated carbocycles. The Kier molecular flexibility index (Phi) is 4.71. The molecular formula is C15H15ClN2O2. The Morgan fingerprint density at radius 3 is 2.55 bits per heavy atom. The van der Waals surface area contributed by atoms with E-state index in [1.807, 2.05) is 25.2 Å². The summed E-state index contributed by atoms with van der Waals surface area (Å²) in [5.41, 5.74) is 2.38. The van der Waals surface area contributed by atoms with Crippen molar-refractivity contribution in [2.75, 3.05) is 7.05 Å². The summed E-state index contributed by atoms with van der Waals surface area (Å²) >= 11 is 6.07. The van der Waals surface area contributed by atoms with Crippen LogP contribution in [0.1, 0.15) is 21.5 Å². The van der Waals surface area contributed by atoms with Crippen LogP contribution in [0, 0.1) is 0 Å². The zero-order valence-electron chi connectivity index (χ0n) is 11.1. The Hall–Kier alpha value is -1.91. The summed E-state index contributed by atoms with van der Waals surface area (Å²) in [6.45, 7) is 1.43. The van der Waals surface area contributed by atoms with Crippen LogP contribution in [0.5, 0.6) is 0 Å². The molecule has 4 nitrogen and oxygen atoms in total. The van der Waals surface area contributed by atoms with Gasteiger partial charge in [-0.25, -0.2) is 4.79 Å². The van der Waals surface area contributed by atoms with E-state index >= 15 is 0 Å². The van der Waals surface area contributed by atoms with Gasteiger partial charge in [0, 0.05) is 25.5 Å². The minimum Gasteiger partial charge on any atom is -0.478 e. The van der Waals surface area contributed by atoms with E-state index in [-0.39, 0.29) is 0 Å². The van der Waals surface area contributed by atoms with Gasteiger partial charge < -0.3 is 5.11 Å². The summed E-state index contributed by atoms with van der Waals surface area (Å²) in [6.07, 6.45) is 3.35. The molecule has 0 spiro atoms. The van der Waals surface area contributed by atoms with Crippen molar-refractivity contribution < 1.29 is 9.90 Å². The molecule has 1 N–H and O–H groups in total. The number of carbonyl (C=O) groups is 1. The molecule has 0 fully saturated rings. The van der Waals surface area contributed by atoms with Crippen molar-refractivity contribution in [3.63, 3.8) is 0 Å². The first-order chi connectivity index (χ1) is 9.56. The van der Waals surface area contributed by atoms with Gasteiger partial charge in [0.2, 0.25) is 0 Å². The first-order valence-corrected chi connectivity index (χ1v) is 6.53. The average Bonchev–Trinajstić information content (AvgIpc) is 2.42. The molecule has 0 bridgehead atoms. The quantitative estimate of drug-likeness (QED) is 0.919. The van der Waals surface area contributed by atoms with Gasteiger partial charge >= 0.3 is 5.97 Å². The van der Waals surface area contributed by atoms with E-state index in [2.05, 4.69) is 9.88 Å². The van der Waals surface area contributed by atoms with Crippen molar-refractivity contribution in [3.8, 4) is 0 Å². The van der Waals surface area contributed by atoms with Gasteiger partial charge in [0.1, 0.15) is 0 Å². The van der Waals surface area contributed by atoms with E-state index in [1.165, 1.54) is 0 Å². The predicted molar refractivity (Wildman–Crippen MR) is 77.8 cm³/mol. The molecule has 0 atom stereocenters. The molecule has 0 aliphatic rings. The third kappa shape index (κ3) is 3.79. The Labute approximate surface area is 122 Å². The van der Waals surface area contributed by atoms with Gasteiger partial charge in [-0.3, -0.25) is 9.88 Å². The summed E-state index contributed by atoms with van der Waals surface area (Å²) in [5, 5.41) is 9.51. The maximum atomic E-state index is 10.8. The molecule has 0 radical (unpaired) electrons. The summed E-state index contributed by atoms with van der Waals surface area (Å²) in [4.78, 5) is 16.8. The second kappa shape index (κ2) is 6.50. The van der Waals surface area contributed by atoms with Gasteiger partial charge in [-0.1, -0.05) is 23.7 Å². The number of hydrogen-bond donors (Lipinski definition) is 1. The zero-order valence-corrected chi connectivity index (χ0v) is 11.8. The van der Waals surface area contributed by atoms with Gasteiger partial charge in [-0.15, -0.1) is 0 Å². The SMILES string of the molecule is CN(Cc1ccc(C(=O)O)cc1)Cc1ccncc1Cl. The normalized spacial score (nSPS) is 10.8. The lowest BCUT2D eigenvalue weighted by atomic mass is 10.1. The fourth-order valence-corrected chi connectivity index (χ4v) is 2.12. The van der Waals surface area contributed by atoms with Crippen molar-refractivity contribution in [3.05, 3.63) is 64.4 Å². The molecule has 0 unspecified atom stereocenters. The minimum absolute atomic E-state index is 0.300. The number of aromatic nitrogens is 1. The van der Waals surface area contributed by atoms with Crippen LogP contribution >= 0.6 is 11.6 Å². The summed E-state index contributed by atoms with van der Waals surface area (Å²) in [6, 6.07) is 8.78. The molecule has 20 heavy (non-hydrogen) atoms. The van der Waals surface area contributed by atoms with Crippen LogP contribution in [0.4, 0.5) is 0 Å². The molecule has 2 aromatic rings. The second-order valence-electron chi connectivity index (χ2n) is 4.64. The number of rotatable bonds is 5. The zero-order chi connectivity index (χ0) is 14.5. The lowest BCUT2D eigenvalue weighted by Gasteiger charge is -2.17. The lowest BCUT2D eigenvalue weighted by Crippen LogP contribution is -2.17. The number of benzene rings is 1. The second-order valence-corrected chi connectivity index (χ2v) is 5.05. The van der Waals surface area contributed by atoms with Crippen molar-refractivity contribution >= 4 is 17.6 Å². The van der Waals surface area contributed by atoms with Gasteiger partial charge in [0.25, 0.3) is 0 Å². The van der Waals surface area contributed by atoms with Gasteiger partial charge in [-0.05, 0) is 36.4 Å². The molecule has 2 rings (SSSR count). The van der Waals surface area contributed by atoms with Crippen LogP contribution < -0.4 is 0 Å². The van der Waals surface area contributed by atoms with Gasteiger partial charge in [0.05, 0.1) is 10.6 Å². The van der Waals surface area contributed by atoms with Crippen molar-refractivity contribution in [1.29, 1.82) is 0 Å². The number of hydrogen-bond acceptors (Lipinski definition) is 3. The van der Waals surface area contributed by atoms with Crippen molar-refractivity contribution in [2.24, 2.45) is 0 Å². The highest BCUT2D eigenvalue weighted by atomic mass is 35.5. The fourth-order valence-electron chi connectivity index (χ4n) is 1.94. The first kappa shape index (κ1) is 14.5. The lowest BCUT2D eigenvalue weighted by molar-refractivity contribution is 0.0697. The van der Waals surface area contributed by atoms with Crippen molar-refractivity contribution in [1.82, 2.24) is 9.88 Å². The monoisotopic (exact) mass is 290 g/mol. The fraction of sp³-hybridized carbons (Fsp3) is 0.200. The Morgan fingerprint density at radius 2 is 1.95 bits per heavy atom. The molecule has 0 aliphatic carbocycles. The summed E-state index contributed by atoms with van der Waals surface area (Å²) < 4.78 is 0. The molecule has 5 heteroatoms. The molecule has 0 aliphatic heterocycles. The maximum absolute atomic E-state index is 10.8. The molecular weight excluding hydrogens is 276 g/mol. The smallest absolute Gasteiger partial charge is 0.335 e. The van der Waals surface area contributed by atoms with Gasteiger partial charge in [0.15, 0.2) is 0 Å². The molecule has 1 aromatic carbocycles. The van der Waals surface area contributed by atoms with Crippen LogP contribution in [-0.4, -0.2) is 28.0 Å². The standard InChI is InChI=1S/C15H15ClN2O2/c1-18(10-13-6-7-17-8-14(13)16)9-11-2-4-12(5-3-11)15(19)20/h2-8H,9-10H2,1H3,(H,19,20). The Balaban J connectivity index is 1.99. The van der Waals surface area contributed by atoms with Crippen LogP contribution in [0.25, 0.3) is 0 Å². The van der Waals surface area contributed by atoms with Crippen molar-refractivity contribution in [2.45, 2.75) is 13.1 Å². The van der Waals surface area contributed by atoms with Crippen LogP contribution in [-0.2, 0) is 13.1 Å². The number of halogens is 1. The number of nitrogens with zero attached hydrogens (tertiary/aromatic N) is 2. The first-order valence-electron chi connectivity index (χ1n) is 6.15. The van der Waals surface area contributed by atoms with E-state index in [0.29, 0.717) is 17.1 Å². The van der Waals surface area contributed by atoms with E-state index < -0.39 is 5.97 Å². The maximum Gasteiger partial charge on any atom is 0.335 e. The molecule has 1 aromatic heterocycles. The van der Waals surface area contributed by atoms with Crippen LogP contribution in [0.15, 0.2) is 42.7 Å². The Morgan fingerprint density at radius 1 is 1.25 bits per heavy atom. The van der Waals surface area contributed by atoms with E-state index in [0.717, 1.165) is 17.7 Å². The van der Waals surface area contributed by atoms with Crippen LogP contribution in [0.2, 0.25) is 5.02 Å². The van der Waals surface area contributed by atoms with E-state index in [1.54, 1.807) is 24.5 Å². The number of aromatic carboxylic acids is 1. The minimum atomic E-state index is -0.909. The highest BCUT2D eigenvalue weighted by molar-refractivity contribution is 6.31. The average molecular weight is 291 g/mol. The molecule has 0 saturated heterocycles. The third-order valence-corrected chi connectivity index (χ3v) is 3.29. The summed E-state index contributed by atoms with van der Waals surface area (Å²) in [7, 11) is 1.99. The number of carboxylic acids is 1. The molecule has 0 amide bonds. The summed E-state index contributed by atoms with van der Waals surface area (Å²) in [5.74, 6) is -0.909. The predicted octanol–water partition coefficient (Wildman–Crippen LogP) is 3.07. The largest absolute Gasteiger partial charge is 0.478 e. The van der Waals surface area contributed by atoms with E-state index in [4.69, 9.17) is 16.7 Å². The van der Waals surface area contributed by atoms with Gasteiger partial charge in [-0.2, -0.15) is 0 Å². The third-order valence-electron chi connectivity index (χ3n) is 2.95. The molecule has 104 valence electrons. The topological polar surface area (TPSA) is 53.4 Å². The highest BCUT2D eigenvalue weighted by Gasteiger charge is 2.06. The number of carboxylic acid groups (broad SMARTS) is 1. The number of pyridine rings is 1. The Bertz CT molecular complexity index is 599. The van der Waals surface area contributed by atoms with E-state index in [9.17, 15) is 4.79 Å².